The molecular formula is C17H21ClN2O. The van der Waals surface area contributed by atoms with Crippen molar-refractivity contribution < 1.29 is 4.74 Å². The van der Waals surface area contributed by atoms with E-state index in [4.69, 9.17) is 16.3 Å². The Bertz CT molecular complexity index is 599. The molecule has 0 bridgehead atoms. The van der Waals surface area contributed by atoms with Crippen molar-refractivity contribution in [3.05, 3.63) is 58.4 Å². The number of aryl methyl sites for hydroxylation is 1. The highest BCUT2D eigenvalue weighted by molar-refractivity contribution is 6.30. The second-order valence-corrected chi connectivity index (χ2v) is 5.82. The second-order valence-electron chi connectivity index (χ2n) is 5.39. The van der Waals surface area contributed by atoms with Gasteiger partial charge in [-0.05, 0) is 24.6 Å². The number of nitrogens with zero attached hydrogens (tertiary/aromatic N) is 1. The molecule has 0 unspecified atom stereocenters. The first-order valence-corrected chi connectivity index (χ1v) is 7.48. The molecule has 1 aromatic carbocycles. The van der Waals surface area contributed by atoms with Gasteiger partial charge in [-0.1, -0.05) is 37.6 Å². The van der Waals surface area contributed by atoms with Crippen molar-refractivity contribution in [3.8, 4) is 5.75 Å². The molecule has 0 radical (unpaired) electrons. The largest absolute Gasteiger partial charge is 0.488 e. The highest BCUT2D eigenvalue weighted by atomic mass is 35.5. The van der Waals surface area contributed by atoms with Crippen LogP contribution in [-0.4, -0.2) is 11.0 Å². The van der Waals surface area contributed by atoms with Gasteiger partial charge in [0.15, 0.2) is 0 Å². The Morgan fingerprint density at radius 3 is 2.81 bits per heavy atom. The van der Waals surface area contributed by atoms with Crippen LogP contribution in [-0.2, 0) is 13.2 Å². The van der Waals surface area contributed by atoms with Crippen molar-refractivity contribution in [3.63, 3.8) is 0 Å². The normalized spacial score (nSPS) is 10.9. The lowest BCUT2D eigenvalue weighted by molar-refractivity contribution is 0.301. The number of halogens is 1. The summed E-state index contributed by atoms with van der Waals surface area (Å²) < 4.78 is 5.95. The van der Waals surface area contributed by atoms with E-state index in [1.54, 1.807) is 0 Å². The zero-order valence-electron chi connectivity index (χ0n) is 12.7. The van der Waals surface area contributed by atoms with Crippen molar-refractivity contribution in [1.82, 2.24) is 10.3 Å². The fraction of sp³-hybridized carbons (Fsp3) is 0.353. The smallest absolute Gasteiger partial charge is 0.127 e. The molecule has 1 heterocycles. The maximum Gasteiger partial charge on any atom is 0.127 e. The SMILES string of the molecule is Cc1cc(OCc2cccc(Cl)c2)c(CNC(C)C)cn1. The standard InChI is InChI=1S/C17H21ClN2O/c1-12(2)19-9-15-10-20-13(3)7-17(15)21-11-14-5-4-6-16(18)8-14/h4-8,10,12,19H,9,11H2,1-3H3. The fourth-order valence-electron chi connectivity index (χ4n) is 1.93. The van der Waals surface area contributed by atoms with Crippen LogP contribution in [0, 0.1) is 6.92 Å². The minimum atomic E-state index is 0.423. The van der Waals surface area contributed by atoms with Gasteiger partial charge in [0.2, 0.25) is 0 Å². The molecule has 0 fully saturated rings. The van der Waals surface area contributed by atoms with Crippen LogP contribution in [0.15, 0.2) is 36.5 Å². The molecule has 0 aliphatic heterocycles. The van der Waals surface area contributed by atoms with Gasteiger partial charge in [0.25, 0.3) is 0 Å². The van der Waals surface area contributed by atoms with Crippen LogP contribution in [0.4, 0.5) is 0 Å². The Hall–Kier alpha value is -1.58. The molecule has 3 nitrogen and oxygen atoms in total. The molecule has 21 heavy (non-hydrogen) atoms. The van der Waals surface area contributed by atoms with E-state index in [1.165, 1.54) is 0 Å². The summed E-state index contributed by atoms with van der Waals surface area (Å²) in [5, 5.41) is 4.11. The second kappa shape index (κ2) is 7.43. The average Bonchev–Trinajstić information content (AvgIpc) is 2.44. The summed E-state index contributed by atoms with van der Waals surface area (Å²) in [5.41, 5.74) is 3.07. The van der Waals surface area contributed by atoms with E-state index in [1.807, 2.05) is 43.5 Å². The van der Waals surface area contributed by atoms with Gasteiger partial charge in [-0.25, -0.2) is 0 Å². The molecule has 0 spiro atoms. The van der Waals surface area contributed by atoms with E-state index in [9.17, 15) is 0 Å². The Balaban J connectivity index is 2.08. The number of nitrogens with one attached hydrogen (secondary N) is 1. The summed E-state index contributed by atoms with van der Waals surface area (Å²) >= 11 is 5.99. The van der Waals surface area contributed by atoms with E-state index in [0.29, 0.717) is 12.6 Å². The highest BCUT2D eigenvalue weighted by Gasteiger charge is 2.07. The van der Waals surface area contributed by atoms with E-state index >= 15 is 0 Å². The molecular weight excluding hydrogens is 284 g/mol. The number of pyridine rings is 1. The number of hydrogen-bond acceptors (Lipinski definition) is 3. The zero-order chi connectivity index (χ0) is 15.2. The van der Waals surface area contributed by atoms with E-state index in [0.717, 1.165) is 34.1 Å². The Kier molecular flexibility index (Phi) is 5.59. The van der Waals surface area contributed by atoms with Gasteiger partial charge in [-0.15, -0.1) is 0 Å². The van der Waals surface area contributed by atoms with Crippen molar-refractivity contribution in [2.24, 2.45) is 0 Å². The van der Waals surface area contributed by atoms with Gasteiger partial charge in [0, 0.05) is 41.1 Å². The first-order chi connectivity index (χ1) is 10.0. The van der Waals surface area contributed by atoms with E-state index in [-0.39, 0.29) is 0 Å². The predicted molar refractivity (Wildman–Crippen MR) is 86.7 cm³/mol. The van der Waals surface area contributed by atoms with E-state index in [2.05, 4.69) is 24.1 Å². The molecule has 112 valence electrons. The van der Waals surface area contributed by atoms with Gasteiger partial charge in [-0.2, -0.15) is 0 Å². The summed E-state index contributed by atoms with van der Waals surface area (Å²) in [4.78, 5) is 4.35. The van der Waals surface area contributed by atoms with E-state index < -0.39 is 0 Å². The summed E-state index contributed by atoms with van der Waals surface area (Å²) in [6.45, 7) is 7.45. The van der Waals surface area contributed by atoms with Gasteiger partial charge < -0.3 is 10.1 Å². The Morgan fingerprint density at radius 2 is 2.10 bits per heavy atom. The molecule has 0 amide bonds. The Labute approximate surface area is 131 Å². The number of ether oxygens (including phenoxy) is 1. The molecule has 0 atom stereocenters. The third-order valence-corrected chi connectivity index (χ3v) is 3.30. The average molecular weight is 305 g/mol. The number of benzene rings is 1. The zero-order valence-corrected chi connectivity index (χ0v) is 13.4. The topological polar surface area (TPSA) is 34.1 Å². The first kappa shape index (κ1) is 15.8. The van der Waals surface area contributed by atoms with Crippen LogP contribution in [0.3, 0.4) is 0 Å². The van der Waals surface area contributed by atoms with Gasteiger partial charge in [0.05, 0.1) is 0 Å². The Morgan fingerprint density at radius 1 is 1.29 bits per heavy atom. The summed E-state index contributed by atoms with van der Waals surface area (Å²) in [5.74, 6) is 0.871. The number of rotatable bonds is 6. The summed E-state index contributed by atoms with van der Waals surface area (Å²) in [6.07, 6.45) is 1.87. The van der Waals surface area contributed by atoms with Crippen LogP contribution in [0.2, 0.25) is 5.02 Å². The monoisotopic (exact) mass is 304 g/mol. The fourth-order valence-corrected chi connectivity index (χ4v) is 2.14. The van der Waals surface area contributed by atoms with Crippen LogP contribution >= 0.6 is 11.6 Å². The van der Waals surface area contributed by atoms with Crippen LogP contribution < -0.4 is 10.1 Å². The molecule has 0 aliphatic carbocycles. The molecule has 2 rings (SSSR count). The molecule has 0 saturated carbocycles. The molecule has 1 aromatic heterocycles. The first-order valence-electron chi connectivity index (χ1n) is 7.11. The number of aromatic nitrogens is 1. The number of hydrogen-bond donors (Lipinski definition) is 1. The third-order valence-electron chi connectivity index (χ3n) is 3.06. The van der Waals surface area contributed by atoms with Crippen molar-refractivity contribution in [1.29, 1.82) is 0 Å². The lowest BCUT2D eigenvalue weighted by Gasteiger charge is -2.14. The quantitative estimate of drug-likeness (QED) is 0.871. The van der Waals surface area contributed by atoms with Gasteiger partial charge >= 0.3 is 0 Å². The summed E-state index contributed by atoms with van der Waals surface area (Å²) in [7, 11) is 0. The molecule has 2 aromatic rings. The minimum absolute atomic E-state index is 0.423. The van der Waals surface area contributed by atoms with Crippen molar-refractivity contribution >= 4 is 11.6 Å². The lowest BCUT2D eigenvalue weighted by atomic mass is 10.2. The lowest BCUT2D eigenvalue weighted by Crippen LogP contribution is -2.22. The van der Waals surface area contributed by atoms with Gasteiger partial charge in [-0.3, -0.25) is 4.98 Å². The third kappa shape index (κ3) is 5.03. The van der Waals surface area contributed by atoms with Crippen molar-refractivity contribution in [2.75, 3.05) is 0 Å². The molecule has 0 saturated heterocycles. The van der Waals surface area contributed by atoms with Crippen molar-refractivity contribution in [2.45, 2.75) is 40.0 Å². The highest BCUT2D eigenvalue weighted by Crippen LogP contribution is 2.21. The maximum atomic E-state index is 5.99. The molecule has 4 heteroatoms. The van der Waals surface area contributed by atoms with Crippen LogP contribution in [0.25, 0.3) is 0 Å². The minimum Gasteiger partial charge on any atom is -0.488 e. The summed E-state index contributed by atoms with van der Waals surface area (Å²) in [6, 6.07) is 10.1. The van der Waals surface area contributed by atoms with Gasteiger partial charge in [0.1, 0.15) is 12.4 Å². The maximum absolute atomic E-state index is 5.99. The van der Waals surface area contributed by atoms with Crippen LogP contribution in [0.5, 0.6) is 5.75 Å². The van der Waals surface area contributed by atoms with Crippen LogP contribution in [0.1, 0.15) is 30.7 Å². The molecule has 1 N–H and O–H groups in total. The predicted octanol–water partition coefficient (Wildman–Crippen LogP) is 4.12. The molecule has 0 aliphatic rings.